The molecule has 1 aliphatic carbocycles. The molecular formula is C22H26N2O3S2. The Morgan fingerprint density at radius 2 is 1.90 bits per heavy atom. The molecule has 2 fully saturated rings. The highest BCUT2D eigenvalue weighted by Gasteiger charge is 2.28. The van der Waals surface area contributed by atoms with E-state index in [1.807, 2.05) is 12.3 Å². The van der Waals surface area contributed by atoms with Gasteiger partial charge in [0, 0.05) is 28.0 Å². The Labute approximate surface area is 175 Å². The average molecular weight is 431 g/mol. The van der Waals surface area contributed by atoms with E-state index in [0.717, 1.165) is 52.8 Å². The molecule has 5 nitrogen and oxygen atoms in total. The van der Waals surface area contributed by atoms with Gasteiger partial charge in [0.1, 0.15) is 0 Å². The van der Waals surface area contributed by atoms with E-state index in [0.29, 0.717) is 17.1 Å². The largest absolute Gasteiger partial charge is 0.366 e. The van der Waals surface area contributed by atoms with Gasteiger partial charge in [0.2, 0.25) is 0 Å². The molecule has 5 rings (SSSR count). The predicted octanol–water partition coefficient (Wildman–Crippen LogP) is 5.58. The van der Waals surface area contributed by atoms with Crippen molar-refractivity contribution in [1.82, 2.24) is 4.98 Å². The van der Waals surface area contributed by atoms with E-state index < -0.39 is 16.5 Å². The minimum atomic E-state index is -2.42. The third-order valence-corrected chi connectivity index (χ3v) is 9.03. The van der Waals surface area contributed by atoms with Crippen LogP contribution in [-0.2, 0) is 6.42 Å². The second-order valence-corrected chi connectivity index (χ2v) is 11.9. The van der Waals surface area contributed by atoms with Crippen molar-refractivity contribution < 1.29 is 13.9 Å². The predicted molar refractivity (Wildman–Crippen MR) is 121 cm³/mol. The summed E-state index contributed by atoms with van der Waals surface area (Å²) in [5.74, 6) is 1.56. The fourth-order valence-electron chi connectivity index (χ4n) is 4.42. The maximum atomic E-state index is 12.2. The summed E-state index contributed by atoms with van der Waals surface area (Å²) in [6, 6.07) is 6.30. The van der Waals surface area contributed by atoms with Crippen molar-refractivity contribution in [3.8, 4) is 11.1 Å². The van der Waals surface area contributed by atoms with Gasteiger partial charge in [0.15, 0.2) is 0 Å². The van der Waals surface area contributed by atoms with Gasteiger partial charge in [-0.3, -0.25) is 13.9 Å². The third-order valence-electron chi connectivity index (χ3n) is 6.29. The second kappa shape index (κ2) is 7.16. The quantitative estimate of drug-likeness (QED) is 0.425. The minimum absolute atomic E-state index is 0.257. The zero-order valence-corrected chi connectivity index (χ0v) is 17.8. The number of carbonyl (C=O) groups excluding carboxylic acids is 1. The molecule has 5 N–H and O–H groups in total. The average Bonchev–Trinajstić information content (AvgIpc) is 3.20. The first-order chi connectivity index (χ1) is 13.9. The molecular weight excluding hydrogens is 404 g/mol. The van der Waals surface area contributed by atoms with Crippen LogP contribution in [0.3, 0.4) is 0 Å². The van der Waals surface area contributed by atoms with Crippen molar-refractivity contribution in [3.63, 3.8) is 0 Å². The summed E-state index contributed by atoms with van der Waals surface area (Å²) in [6.07, 6.45) is 7.28. The fourth-order valence-corrected chi connectivity index (χ4v) is 6.95. The molecule has 1 aromatic carbocycles. The third kappa shape index (κ3) is 3.84. The molecule has 1 saturated heterocycles. The van der Waals surface area contributed by atoms with Crippen LogP contribution in [0.15, 0.2) is 29.8 Å². The van der Waals surface area contributed by atoms with Crippen molar-refractivity contribution in [3.05, 3.63) is 45.8 Å². The highest BCUT2D eigenvalue weighted by atomic mass is 32.3. The molecule has 0 spiro atoms. The van der Waals surface area contributed by atoms with E-state index in [4.69, 9.17) is 5.73 Å². The van der Waals surface area contributed by atoms with Crippen molar-refractivity contribution in [1.29, 1.82) is 0 Å². The molecule has 3 heterocycles. The first-order valence-corrected chi connectivity index (χ1v) is 12.9. The van der Waals surface area contributed by atoms with E-state index >= 15 is 0 Å². The first kappa shape index (κ1) is 19.2. The van der Waals surface area contributed by atoms with Crippen LogP contribution >= 0.6 is 21.9 Å². The van der Waals surface area contributed by atoms with Gasteiger partial charge in [-0.2, -0.15) is 10.6 Å². The van der Waals surface area contributed by atoms with Crippen LogP contribution in [0.4, 0.5) is 0 Å². The van der Waals surface area contributed by atoms with E-state index in [2.05, 4.69) is 22.5 Å². The monoisotopic (exact) mass is 430 g/mol. The lowest BCUT2D eigenvalue weighted by Gasteiger charge is -2.39. The molecule has 0 atom stereocenters. The van der Waals surface area contributed by atoms with E-state index in [1.165, 1.54) is 17.7 Å². The Balaban J connectivity index is 1.55. The standard InChI is InChI=1S/C22H26N2O3S2/c23-22(25)19-10-15(16-8-17(28-12-16)7-13-1-2-13)9-18-20(11-24-21(18)19)14-3-5-29(26,27)6-4-14/h8-14,24,26-27H,1-7H2,(H2,23,25). The molecule has 1 aliphatic heterocycles. The van der Waals surface area contributed by atoms with Gasteiger partial charge in [0.05, 0.1) is 11.1 Å². The Morgan fingerprint density at radius 3 is 2.59 bits per heavy atom. The number of fused-ring (bicyclic) bond motifs is 1. The van der Waals surface area contributed by atoms with Gasteiger partial charge in [-0.15, -0.1) is 11.3 Å². The summed E-state index contributed by atoms with van der Waals surface area (Å²) in [5, 5.41) is 3.20. The Morgan fingerprint density at radius 1 is 1.14 bits per heavy atom. The number of nitrogens with one attached hydrogen (secondary N) is 1. The summed E-state index contributed by atoms with van der Waals surface area (Å²) in [6.45, 7) is 0. The number of H-pyrrole nitrogens is 1. The topological polar surface area (TPSA) is 99.3 Å². The normalized spacial score (nSPS) is 20.8. The minimum Gasteiger partial charge on any atom is -0.366 e. The summed E-state index contributed by atoms with van der Waals surface area (Å²) >= 11 is 1.79. The van der Waals surface area contributed by atoms with Crippen molar-refractivity contribution in [2.45, 2.75) is 38.0 Å². The molecule has 1 amide bonds. The summed E-state index contributed by atoms with van der Waals surface area (Å²) in [7, 11) is -2.42. The first-order valence-electron chi connectivity index (χ1n) is 10.2. The van der Waals surface area contributed by atoms with E-state index in [9.17, 15) is 13.9 Å². The summed E-state index contributed by atoms with van der Waals surface area (Å²) in [4.78, 5) is 16.8. The van der Waals surface area contributed by atoms with Crippen molar-refractivity contribution in [2.24, 2.45) is 11.7 Å². The van der Waals surface area contributed by atoms with E-state index in [1.54, 1.807) is 11.3 Å². The summed E-state index contributed by atoms with van der Waals surface area (Å²) < 4.78 is 19.9. The van der Waals surface area contributed by atoms with Crippen LogP contribution in [0.1, 0.15) is 52.4 Å². The summed E-state index contributed by atoms with van der Waals surface area (Å²) in [5.41, 5.74) is 10.3. The molecule has 0 radical (unpaired) electrons. The Hall–Kier alpha value is -1.80. The molecule has 3 aromatic rings. The molecule has 0 bridgehead atoms. The number of benzene rings is 1. The number of rotatable bonds is 5. The molecule has 29 heavy (non-hydrogen) atoms. The van der Waals surface area contributed by atoms with Crippen LogP contribution in [0.2, 0.25) is 0 Å². The molecule has 154 valence electrons. The van der Waals surface area contributed by atoms with Crippen LogP contribution in [0.25, 0.3) is 22.0 Å². The van der Waals surface area contributed by atoms with E-state index in [-0.39, 0.29) is 5.92 Å². The molecule has 1 saturated carbocycles. The number of hydrogen-bond acceptors (Lipinski definition) is 4. The number of hydrogen-bond donors (Lipinski definition) is 4. The number of primary amides is 1. The second-order valence-electron chi connectivity index (χ2n) is 8.49. The zero-order valence-electron chi connectivity index (χ0n) is 16.2. The number of aromatic amines is 1. The van der Waals surface area contributed by atoms with Gasteiger partial charge in [-0.1, -0.05) is 0 Å². The highest BCUT2D eigenvalue weighted by molar-refractivity contribution is 8.24. The van der Waals surface area contributed by atoms with Crippen LogP contribution < -0.4 is 5.73 Å². The molecule has 7 heteroatoms. The smallest absolute Gasteiger partial charge is 0.250 e. The number of thiophene rings is 1. The zero-order chi connectivity index (χ0) is 20.2. The van der Waals surface area contributed by atoms with Crippen LogP contribution in [-0.4, -0.2) is 31.5 Å². The van der Waals surface area contributed by atoms with Crippen LogP contribution in [0.5, 0.6) is 0 Å². The molecule has 0 unspecified atom stereocenters. The maximum absolute atomic E-state index is 12.2. The van der Waals surface area contributed by atoms with Crippen LogP contribution in [0, 0.1) is 5.92 Å². The van der Waals surface area contributed by atoms with Gasteiger partial charge >= 0.3 is 0 Å². The maximum Gasteiger partial charge on any atom is 0.250 e. The van der Waals surface area contributed by atoms with Gasteiger partial charge in [-0.05, 0) is 84.2 Å². The Kier molecular flexibility index (Phi) is 4.74. The van der Waals surface area contributed by atoms with Gasteiger partial charge < -0.3 is 10.7 Å². The number of aromatic nitrogens is 1. The lowest BCUT2D eigenvalue weighted by Crippen LogP contribution is -2.19. The number of nitrogens with two attached hydrogens (primary N) is 1. The SMILES string of the molecule is NC(=O)c1cc(-c2csc(CC3CC3)c2)cc2c(C3CCS(O)(O)CC3)c[nH]c12. The molecule has 2 aromatic heterocycles. The van der Waals surface area contributed by atoms with Gasteiger partial charge in [-0.25, -0.2) is 0 Å². The number of carbonyl (C=O) groups is 1. The number of amides is 1. The lowest BCUT2D eigenvalue weighted by atomic mass is 9.91. The Bertz CT molecular complexity index is 1070. The highest BCUT2D eigenvalue weighted by Crippen LogP contribution is 2.49. The lowest BCUT2D eigenvalue weighted by molar-refractivity contribution is 0.100. The molecule has 2 aliphatic rings. The fraction of sp³-hybridized carbons (Fsp3) is 0.409. The van der Waals surface area contributed by atoms with Crippen molar-refractivity contribution in [2.75, 3.05) is 11.5 Å². The van der Waals surface area contributed by atoms with Crippen molar-refractivity contribution >= 4 is 38.7 Å². The van der Waals surface area contributed by atoms with Gasteiger partial charge in [0.25, 0.3) is 5.91 Å².